The second kappa shape index (κ2) is 12.3. The van der Waals surface area contributed by atoms with Gasteiger partial charge in [-0.3, -0.25) is 14.5 Å². The van der Waals surface area contributed by atoms with Crippen LogP contribution in [0.3, 0.4) is 0 Å². The van der Waals surface area contributed by atoms with Crippen LogP contribution in [0.15, 0.2) is 52.3 Å². The molecule has 3 rings (SSSR count). The van der Waals surface area contributed by atoms with Gasteiger partial charge in [0, 0.05) is 18.7 Å². The lowest BCUT2D eigenvalue weighted by atomic mass is 10.1. The Bertz CT molecular complexity index is 1280. The molecule has 1 aliphatic heterocycles. The first-order valence-electron chi connectivity index (χ1n) is 11.2. The van der Waals surface area contributed by atoms with E-state index >= 15 is 0 Å². The molecule has 0 aromatic heterocycles. The summed E-state index contributed by atoms with van der Waals surface area (Å²) >= 11 is 6.60. The number of amides is 2. The Hall–Kier alpha value is -2.93. The van der Waals surface area contributed by atoms with Crippen LogP contribution in [0.2, 0.25) is 0 Å². The van der Waals surface area contributed by atoms with Crippen LogP contribution in [-0.2, 0) is 19.6 Å². The van der Waals surface area contributed by atoms with Gasteiger partial charge in [-0.25, -0.2) is 13.6 Å². The second-order valence-corrected chi connectivity index (χ2v) is 11.2. The van der Waals surface area contributed by atoms with Crippen LogP contribution in [0.4, 0.5) is 5.69 Å². The number of phenols is 1. The Labute approximate surface area is 219 Å². The first kappa shape index (κ1) is 27.7. The highest BCUT2D eigenvalue weighted by molar-refractivity contribution is 8.26. The van der Waals surface area contributed by atoms with Gasteiger partial charge in [-0.05, 0) is 67.8 Å². The van der Waals surface area contributed by atoms with Gasteiger partial charge in [-0.15, -0.1) is 0 Å². The standard InChI is InChI=1S/C24H27N3O6S3/c1-2-33-20-14-16(7-12-19(20)28)15-21-23(30)27(24(34)35-21)13-5-3-4-6-22(29)26-17-8-10-18(11-9-17)36(25,31)32/h7-12,14-15,28H,2-6,13H2,1H3,(H,26,29)(H2,25,31,32)/b21-15-. The molecule has 0 spiro atoms. The number of anilines is 1. The summed E-state index contributed by atoms with van der Waals surface area (Å²) in [6, 6.07) is 10.5. The number of rotatable bonds is 11. The number of nitrogens with one attached hydrogen (secondary N) is 1. The molecule has 0 saturated carbocycles. The third kappa shape index (κ3) is 7.53. The van der Waals surface area contributed by atoms with Crippen LogP contribution in [0.5, 0.6) is 11.5 Å². The Kier molecular flexibility index (Phi) is 9.49. The number of ether oxygens (including phenoxy) is 1. The largest absolute Gasteiger partial charge is 0.504 e. The number of hydrogen-bond acceptors (Lipinski definition) is 8. The first-order valence-corrected chi connectivity index (χ1v) is 14.0. The molecule has 0 aliphatic carbocycles. The summed E-state index contributed by atoms with van der Waals surface area (Å²) in [7, 11) is -3.78. The fraction of sp³-hybridized carbons (Fsp3) is 0.292. The molecule has 0 unspecified atom stereocenters. The number of hydrogen-bond donors (Lipinski definition) is 3. The predicted octanol–water partition coefficient (Wildman–Crippen LogP) is 3.84. The summed E-state index contributed by atoms with van der Waals surface area (Å²) in [5.74, 6) is 0.0328. The molecule has 1 saturated heterocycles. The molecule has 0 bridgehead atoms. The number of nitrogens with zero attached hydrogens (tertiary/aromatic N) is 1. The lowest BCUT2D eigenvalue weighted by Crippen LogP contribution is -2.29. The molecule has 4 N–H and O–H groups in total. The number of aromatic hydroxyl groups is 1. The summed E-state index contributed by atoms with van der Waals surface area (Å²) in [5.41, 5.74) is 1.21. The third-order valence-electron chi connectivity index (χ3n) is 5.21. The molecule has 0 radical (unpaired) electrons. The van der Waals surface area contributed by atoms with Crippen LogP contribution in [0.1, 0.15) is 38.2 Å². The van der Waals surface area contributed by atoms with Crippen molar-refractivity contribution in [3.63, 3.8) is 0 Å². The number of thiocarbonyl (C=S) groups is 1. The molecule has 36 heavy (non-hydrogen) atoms. The van der Waals surface area contributed by atoms with E-state index in [1.54, 1.807) is 23.1 Å². The summed E-state index contributed by atoms with van der Waals surface area (Å²) in [5, 5.41) is 17.6. The van der Waals surface area contributed by atoms with Gasteiger partial charge >= 0.3 is 0 Å². The zero-order valence-corrected chi connectivity index (χ0v) is 22.0. The second-order valence-electron chi connectivity index (χ2n) is 7.92. The number of primary sulfonamides is 1. The normalized spacial score (nSPS) is 14.9. The van der Waals surface area contributed by atoms with Gasteiger partial charge in [0.1, 0.15) is 4.32 Å². The lowest BCUT2D eigenvalue weighted by molar-refractivity contribution is -0.122. The van der Waals surface area contributed by atoms with E-state index in [9.17, 15) is 23.1 Å². The van der Waals surface area contributed by atoms with E-state index in [0.717, 1.165) is 12.0 Å². The van der Waals surface area contributed by atoms with Crippen LogP contribution in [0.25, 0.3) is 6.08 Å². The molecule has 12 heteroatoms. The summed E-state index contributed by atoms with van der Waals surface area (Å²) in [4.78, 5) is 27.0. The number of carbonyl (C=O) groups is 2. The number of unbranched alkanes of at least 4 members (excludes halogenated alkanes) is 2. The molecule has 0 atom stereocenters. The first-order chi connectivity index (χ1) is 17.1. The van der Waals surface area contributed by atoms with Crippen LogP contribution < -0.4 is 15.2 Å². The topological polar surface area (TPSA) is 139 Å². The molecule has 2 amide bonds. The Balaban J connectivity index is 1.44. The maximum Gasteiger partial charge on any atom is 0.266 e. The molecule has 2 aromatic carbocycles. The van der Waals surface area contributed by atoms with E-state index in [2.05, 4.69) is 5.32 Å². The summed E-state index contributed by atoms with van der Waals surface area (Å²) in [6.07, 6.45) is 4.05. The highest BCUT2D eigenvalue weighted by atomic mass is 32.2. The minimum absolute atomic E-state index is 0.0237. The zero-order valence-electron chi connectivity index (χ0n) is 19.6. The third-order valence-corrected chi connectivity index (χ3v) is 7.51. The van der Waals surface area contributed by atoms with Crippen molar-refractivity contribution >= 4 is 61.9 Å². The van der Waals surface area contributed by atoms with Gasteiger partial charge in [0.15, 0.2) is 11.5 Å². The van der Waals surface area contributed by atoms with Crippen LogP contribution >= 0.6 is 24.0 Å². The van der Waals surface area contributed by atoms with Gasteiger partial charge in [0.25, 0.3) is 5.91 Å². The quantitative estimate of drug-likeness (QED) is 0.218. The molecule has 1 aliphatic rings. The molecule has 1 heterocycles. The van der Waals surface area contributed by atoms with E-state index in [0.29, 0.717) is 46.7 Å². The van der Waals surface area contributed by atoms with Gasteiger partial charge in [0.2, 0.25) is 15.9 Å². The van der Waals surface area contributed by atoms with Gasteiger partial charge in [0.05, 0.1) is 16.4 Å². The van der Waals surface area contributed by atoms with Crippen molar-refractivity contribution in [2.24, 2.45) is 5.14 Å². The van der Waals surface area contributed by atoms with E-state index in [4.69, 9.17) is 22.1 Å². The highest BCUT2D eigenvalue weighted by Gasteiger charge is 2.31. The minimum atomic E-state index is -3.78. The fourth-order valence-corrected chi connectivity index (χ4v) is 5.24. The smallest absolute Gasteiger partial charge is 0.266 e. The number of sulfonamides is 1. The van der Waals surface area contributed by atoms with Crippen molar-refractivity contribution in [1.29, 1.82) is 0 Å². The van der Waals surface area contributed by atoms with Crippen LogP contribution in [-0.4, -0.2) is 47.7 Å². The highest BCUT2D eigenvalue weighted by Crippen LogP contribution is 2.34. The molecular weight excluding hydrogens is 522 g/mol. The van der Waals surface area contributed by atoms with E-state index < -0.39 is 10.0 Å². The summed E-state index contributed by atoms with van der Waals surface area (Å²) in [6.45, 7) is 2.69. The Morgan fingerprint density at radius 1 is 1.19 bits per heavy atom. The van der Waals surface area contributed by atoms with Crippen LogP contribution in [0, 0.1) is 0 Å². The van der Waals surface area contributed by atoms with E-state index in [-0.39, 0.29) is 28.9 Å². The Morgan fingerprint density at radius 3 is 2.58 bits per heavy atom. The van der Waals surface area contributed by atoms with Crippen molar-refractivity contribution in [2.45, 2.75) is 37.5 Å². The number of phenolic OH excluding ortho intramolecular Hbond substituents is 1. The van der Waals surface area contributed by atoms with Crippen molar-refractivity contribution in [3.8, 4) is 11.5 Å². The molecule has 9 nitrogen and oxygen atoms in total. The SMILES string of the molecule is CCOc1cc(/C=C2\SC(=S)N(CCCCCC(=O)Nc3ccc(S(N)(=O)=O)cc3)C2=O)ccc1O. The number of thioether (sulfide) groups is 1. The monoisotopic (exact) mass is 549 g/mol. The van der Waals surface area contributed by atoms with Crippen molar-refractivity contribution in [1.82, 2.24) is 4.90 Å². The maximum atomic E-state index is 12.8. The lowest BCUT2D eigenvalue weighted by Gasteiger charge is -2.14. The molecule has 192 valence electrons. The molecular formula is C24H27N3O6S3. The predicted molar refractivity (Wildman–Crippen MR) is 144 cm³/mol. The Morgan fingerprint density at radius 2 is 1.92 bits per heavy atom. The number of benzene rings is 2. The number of nitrogens with two attached hydrogens (primary N) is 1. The maximum absolute atomic E-state index is 12.8. The minimum Gasteiger partial charge on any atom is -0.504 e. The number of carbonyl (C=O) groups excluding carboxylic acids is 2. The van der Waals surface area contributed by atoms with Gasteiger partial charge in [-0.1, -0.05) is 36.5 Å². The molecule has 1 fully saturated rings. The zero-order chi connectivity index (χ0) is 26.3. The fourth-order valence-electron chi connectivity index (χ4n) is 3.42. The van der Waals surface area contributed by atoms with Gasteiger partial charge < -0.3 is 15.2 Å². The van der Waals surface area contributed by atoms with Crippen molar-refractivity contribution in [3.05, 3.63) is 52.9 Å². The van der Waals surface area contributed by atoms with Gasteiger partial charge in [-0.2, -0.15) is 0 Å². The van der Waals surface area contributed by atoms with E-state index in [1.165, 1.54) is 42.1 Å². The van der Waals surface area contributed by atoms with Crippen molar-refractivity contribution < 1.29 is 27.9 Å². The summed E-state index contributed by atoms with van der Waals surface area (Å²) < 4.78 is 28.5. The average Bonchev–Trinajstić information content (AvgIpc) is 3.08. The molecule has 2 aromatic rings. The van der Waals surface area contributed by atoms with Crippen molar-refractivity contribution in [2.75, 3.05) is 18.5 Å². The average molecular weight is 550 g/mol. The van der Waals surface area contributed by atoms with E-state index in [1.807, 2.05) is 6.92 Å².